The zero-order valence-electron chi connectivity index (χ0n) is 13.6. The second kappa shape index (κ2) is 6.24. The molecule has 0 amide bonds. The van der Waals surface area contributed by atoms with Crippen molar-refractivity contribution in [1.29, 1.82) is 0 Å². The summed E-state index contributed by atoms with van der Waals surface area (Å²) in [6.45, 7) is 0.890. The highest BCUT2D eigenvalue weighted by Crippen LogP contribution is 2.28. The Bertz CT molecular complexity index is 991. The topological polar surface area (TPSA) is 54.7 Å². The van der Waals surface area contributed by atoms with Gasteiger partial charge in [0.1, 0.15) is 16.4 Å². The third-order valence-corrected chi connectivity index (χ3v) is 6.44. The summed E-state index contributed by atoms with van der Waals surface area (Å²) in [6.07, 6.45) is 6.30. The molecule has 0 saturated carbocycles. The predicted molar refractivity (Wildman–Crippen MR) is 93.2 cm³/mol. The van der Waals surface area contributed by atoms with Crippen LogP contribution in [0.5, 0.6) is 0 Å². The Morgan fingerprint density at radius 3 is 2.60 bits per heavy atom. The van der Waals surface area contributed by atoms with Crippen LogP contribution in [-0.4, -0.2) is 35.2 Å². The van der Waals surface area contributed by atoms with Crippen LogP contribution in [0.2, 0.25) is 0 Å². The van der Waals surface area contributed by atoms with Crippen LogP contribution >= 0.6 is 0 Å². The molecular weight excluding hydrogens is 341 g/mol. The van der Waals surface area contributed by atoms with E-state index in [4.69, 9.17) is 0 Å². The first kappa shape index (κ1) is 16.2. The SMILES string of the molecule is O=S(=O)(c1cc(-c2cn3ccccc3n2)ccc1F)N1CCCCC1. The largest absolute Gasteiger partial charge is 0.306 e. The smallest absolute Gasteiger partial charge is 0.246 e. The van der Waals surface area contributed by atoms with Crippen molar-refractivity contribution in [1.82, 2.24) is 13.7 Å². The first-order chi connectivity index (χ1) is 12.1. The molecule has 1 aromatic carbocycles. The number of hydrogen-bond acceptors (Lipinski definition) is 3. The number of nitrogens with zero attached hydrogens (tertiary/aromatic N) is 3. The number of hydrogen-bond donors (Lipinski definition) is 0. The van der Waals surface area contributed by atoms with E-state index in [9.17, 15) is 12.8 Å². The zero-order chi connectivity index (χ0) is 17.4. The van der Waals surface area contributed by atoms with Gasteiger partial charge in [-0.25, -0.2) is 17.8 Å². The molecule has 2 aromatic heterocycles. The molecule has 1 aliphatic heterocycles. The molecule has 0 atom stereocenters. The van der Waals surface area contributed by atoms with Crippen LogP contribution in [0.1, 0.15) is 19.3 Å². The quantitative estimate of drug-likeness (QED) is 0.721. The van der Waals surface area contributed by atoms with Crippen LogP contribution in [0.15, 0.2) is 53.7 Å². The second-order valence-electron chi connectivity index (χ2n) is 6.20. The molecular formula is C18H18FN3O2S. The van der Waals surface area contributed by atoms with Crippen LogP contribution in [0, 0.1) is 5.82 Å². The molecule has 7 heteroatoms. The van der Waals surface area contributed by atoms with Crippen LogP contribution in [0.3, 0.4) is 0 Å². The lowest BCUT2D eigenvalue weighted by molar-refractivity contribution is 0.345. The molecule has 1 fully saturated rings. The molecule has 3 aromatic rings. The molecule has 1 saturated heterocycles. The van der Waals surface area contributed by atoms with E-state index in [1.54, 1.807) is 12.3 Å². The van der Waals surface area contributed by atoms with Gasteiger partial charge in [-0.05, 0) is 43.2 Å². The van der Waals surface area contributed by atoms with E-state index >= 15 is 0 Å². The van der Waals surface area contributed by atoms with Gasteiger partial charge >= 0.3 is 0 Å². The lowest BCUT2D eigenvalue weighted by Crippen LogP contribution is -2.36. The van der Waals surface area contributed by atoms with Crippen molar-refractivity contribution in [3.05, 3.63) is 54.6 Å². The lowest BCUT2D eigenvalue weighted by atomic mass is 10.2. The summed E-state index contributed by atoms with van der Waals surface area (Å²) in [7, 11) is -3.83. The van der Waals surface area contributed by atoms with Gasteiger partial charge in [-0.1, -0.05) is 12.5 Å². The van der Waals surface area contributed by atoms with E-state index in [2.05, 4.69) is 4.98 Å². The molecule has 0 radical (unpaired) electrons. The Morgan fingerprint density at radius 1 is 1.04 bits per heavy atom. The van der Waals surface area contributed by atoms with Crippen LogP contribution < -0.4 is 0 Å². The maximum atomic E-state index is 14.3. The minimum atomic E-state index is -3.83. The third kappa shape index (κ3) is 2.94. The fourth-order valence-electron chi connectivity index (χ4n) is 3.18. The Kier molecular flexibility index (Phi) is 4.05. The fraction of sp³-hybridized carbons (Fsp3) is 0.278. The van der Waals surface area contributed by atoms with Crippen LogP contribution in [0.25, 0.3) is 16.9 Å². The number of rotatable bonds is 3. The summed E-state index contributed by atoms with van der Waals surface area (Å²) in [5, 5.41) is 0. The molecule has 5 nitrogen and oxygen atoms in total. The molecule has 0 unspecified atom stereocenters. The molecule has 0 aliphatic carbocycles. The van der Waals surface area contributed by atoms with Crippen molar-refractivity contribution < 1.29 is 12.8 Å². The maximum Gasteiger partial charge on any atom is 0.246 e. The average molecular weight is 359 g/mol. The first-order valence-electron chi connectivity index (χ1n) is 8.29. The molecule has 3 heterocycles. The number of aromatic nitrogens is 2. The van der Waals surface area contributed by atoms with Gasteiger partial charge < -0.3 is 4.40 Å². The molecule has 0 bridgehead atoms. The average Bonchev–Trinajstić information content (AvgIpc) is 3.07. The van der Waals surface area contributed by atoms with Gasteiger partial charge in [0.2, 0.25) is 10.0 Å². The summed E-state index contributed by atoms with van der Waals surface area (Å²) in [5.74, 6) is -0.724. The minimum Gasteiger partial charge on any atom is -0.306 e. The summed E-state index contributed by atoms with van der Waals surface area (Å²) in [6, 6.07) is 9.78. The van der Waals surface area contributed by atoms with Crippen molar-refractivity contribution in [2.24, 2.45) is 0 Å². The van der Waals surface area contributed by atoms with Gasteiger partial charge in [0.25, 0.3) is 0 Å². The molecule has 130 valence electrons. The maximum absolute atomic E-state index is 14.3. The van der Waals surface area contributed by atoms with Gasteiger partial charge in [0, 0.05) is 31.0 Å². The predicted octanol–water partition coefficient (Wildman–Crippen LogP) is 3.32. The second-order valence-corrected chi connectivity index (χ2v) is 8.11. The minimum absolute atomic E-state index is 0.274. The zero-order valence-corrected chi connectivity index (χ0v) is 14.4. The summed E-state index contributed by atoms with van der Waals surface area (Å²) in [4.78, 5) is 4.21. The van der Waals surface area contributed by atoms with Gasteiger partial charge in [-0.3, -0.25) is 0 Å². The molecule has 1 aliphatic rings. The van der Waals surface area contributed by atoms with Crippen LogP contribution in [-0.2, 0) is 10.0 Å². The summed E-state index contributed by atoms with van der Waals surface area (Å²) in [5.41, 5.74) is 1.95. The molecule has 0 spiro atoms. The monoisotopic (exact) mass is 359 g/mol. The van der Waals surface area contributed by atoms with E-state index in [0.717, 1.165) is 24.9 Å². The van der Waals surface area contributed by atoms with E-state index in [-0.39, 0.29) is 4.90 Å². The van der Waals surface area contributed by atoms with E-state index in [1.807, 2.05) is 28.8 Å². The standard InChI is InChI=1S/C18H18FN3O2S/c19-15-8-7-14(16-13-21-9-5-2-6-18(21)20-16)12-17(15)25(23,24)22-10-3-1-4-11-22/h2,5-9,12-13H,1,3-4,10-11H2. The van der Waals surface area contributed by atoms with Gasteiger partial charge in [0.05, 0.1) is 5.69 Å². The number of halogens is 1. The van der Waals surface area contributed by atoms with Crippen molar-refractivity contribution in [2.45, 2.75) is 24.2 Å². The Balaban J connectivity index is 1.78. The Morgan fingerprint density at radius 2 is 1.84 bits per heavy atom. The van der Waals surface area contributed by atoms with Crippen LogP contribution in [0.4, 0.5) is 4.39 Å². The molecule has 0 N–H and O–H groups in total. The van der Waals surface area contributed by atoms with E-state index in [0.29, 0.717) is 24.3 Å². The van der Waals surface area contributed by atoms with E-state index < -0.39 is 15.8 Å². The first-order valence-corrected chi connectivity index (χ1v) is 9.73. The van der Waals surface area contributed by atoms with Crippen molar-refractivity contribution in [3.8, 4) is 11.3 Å². The number of piperidine rings is 1. The van der Waals surface area contributed by atoms with Crippen molar-refractivity contribution in [3.63, 3.8) is 0 Å². The fourth-order valence-corrected chi connectivity index (χ4v) is 4.79. The highest BCUT2D eigenvalue weighted by molar-refractivity contribution is 7.89. The lowest BCUT2D eigenvalue weighted by Gasteiger charge is -2.26. The third-order valence-electron chi connectivity index (χ3n) is 4.52. The van der Waals surface area contributed by atoms with Gasteiger partial charge in [0.15, 0.2) is 0 Å². The number of benzene rings is 1. The number of sulfonamides is 1. The van der Waals surface area contributed by atoms with Crippen molar-refractivity contribution >= 4 is 15.7 Å². The summed E-state index contributed by atoms with van der Waals surface area (Å²) >= 11 is 0. The molecule has 4 rings (SSSR count). The van der Waals surface area contributed by atoms with Gasteiger partial charge in [-0.15, -0.1) is 0 Å². The number of imidazole rings is 1. The van der Waals surface area contributed by atoms with Crippen molar-refractivity contribution in [2.75, 3.05) is 13.1 Å². The number of fused-ring (bicyclic) bond motifs is 1. The molecule has 25 heavy (non-hydrogen) atoms. The Hall–Kier alpha value is -2.25. The normalized spacial score (nSPS) is 16.4. The highest BCUT2D eigenvalue weighted by Gasteiger charge is 2.29. The van der Waals surface area contributed by atoms with E-state index in [1.165, 1.54) is 16.4 Å². The van der Waals surface area contributed by atoms with Gasteiger partial charge in [-0.2, -0.15) is 4.31 Å². The summed E-state index contributed by atoms with van der Waals surface area (Å²) < 4.78 is 43.2. The Labute approximate surface area is 145 Å². The number of pyridine rings is 1. The highest BCUT2D eigenvalue weighted by atomic mass is 32.2.